The molecule has 0 saturated carbocycles. The van der Waals surface area contributed by atoms with E-state index in [1.165, 1.54) is 34.9 Å². The Hall–Kier alpha value is -1.37. The van der Waals surface area contributed by atoms with Crippen LogP contribution in [0.5, 0.6) is 0 Å². The van der Waals surface area contributed by atoms with E-state index in [1.807, 2.05) is 6.20 Å². The Morgan fingerprint density at radius 3 is 2.87 bits per heavy atom. The maximum atomic E-state index is 4.49. The zero-order valence-electron chi connectivity index (χ0n) is 9.46. The number of aryl methyl sites for hydroxylation is 2. The average molecular weight is 199 g/mol. The molecule has 0 N–H and O–H groups in total. The first-order valence-electron chi connectivity index (χ1n) is 5.65. The molecule has 2 aromatic rings. The Labute approximate surface area is 91.2 Å². The molecule has 0 atom stereocenters. The summed E-state index contributed by atoms with van der Waals surface area (Å²) in [6, 6.07) is 8.67. The van der Waals surface area contributed by atoms with Crippen molar-refractivity contribution in [2.45, 2.75) is 33.1 Å². The first kappa shape index (κ1) is 10.2. The number of rotatable bonds is 3. The van der Waals surface area contributed by atoms with Gasteiger partial charge in [0.1, 0.15) is 0 Å². The van der Waals surface area contributed by atoms with E-state index in [0.29, 0.717) is 0 Å². The Morgan fingerprint density at radius 2 is 2.07 bits per heavy atom. The molecule has 2 rings (SSSR count). The number of unbranched alkanes of at least 4 members (excludes halogenated alkanes) is 1. The molecule has 0 spiro atoms. The zero-order valence-corrected chi connectivity index (χ0v) is 9.46. The van der Waals surface area contributed by atoms with Crippen LogP contribution in [0.2, 0.25) is 0 Å². The Balaban J connectivity index is 2.48. The molecule has 15 heavy (non-hydrogen) atoms. The number of pyridine rings is 1. The highest BCUT2D eigenvalue weighted by atomic mass is 14.7. The number of benzene rings is 1. The largest absolute Gasteiger partial charge is 0.261 e. The number of nitrogens with zero attached hydrogens (tertiary/aromatic N) is 1. The van der Waals surface area contributed by atoms with E-state index in [4.69, 9.17) is 0 Å². The molecule has 0 bridgehead atoms. The normalized spacial score (nSPS) is 10.8. The summed E-state index contributed by atoms with van der Waals surface area (Å²) in [7, 11) is 0. The predicted molar refractivity (Wildman–Crippen MR) is 65.1 cm³/mol. The van der Waals surface area contributed by atoms with Crippen LogP contribution in [0.4, 0.5) is 0 Å². The van der Waals surface area contributed by atoms with Crippen molar-refractivity contribution in [2.24, 2.45) is 0 Å². The van der Waals surface area contributed by atoms with Crippen LogP contribution in [0.1, 0.15) is 31.0 Å². The maximum Gasteiger partial charge on any atom is 0.0481 e. The molecule has 0 aliphatic heterocycles. The number of hydrogen-bond acceptors (Lipinski definition) is 1. The van der Waals surface area contributed by atoms with E-state index in [1.54, 1.807) is 0 Å². The van der Waals surface area contributed by atoms with Gasteiger partial charge in [-0.15, -0.1) is 0 Å². The first-order valence-corrected chi connectivity index (χ1v) is 5.65. The van der Waals surface area contributed by atoms with Crippen molar-refractivity contribution in [2.75, 3.05) is 0 Å². The zero-order chi connectivity index (χ0) is 10.7. The minimum atomic E-state index is 1.09. The molecule has 0 fully saturated rings. The van der Waals surface area contributed by atoms with Crippen LogP contribution in [0.25, 0.3) is 10.8 Å². The molecular formula is C14H17N. The second kappa shape index (κ2) is 4.43. The highest BCUT2D eigenvalue weighted by Gasteiger charge is 2.01. The summed E-state index contributed by atoms with van der Waals surface area (Å²) >= 11 is 0. The summed E-state index contributed by atoms with van der Waals surface area (Å²) in [6.07, 6.45) is 5.46. The van der Waals surface area contributed by atoms with Gasteiger partial charge in [-0.2, -0.15) is 0 Å². The molecule has 0 unspecified atom stereocenters. The van der Waals surface area contributed by atoms with Crippen molar-refractivity contribution in [3.05, 3.63) is 41.7 Å². The molecule has 0 aliphatic carbocycles. The lowest BCUT2D eigenvalue weighted by atomic mass is 10.0. The molecular weight excluding hydrogens is 182 g/mol. The first-order chi connectivity index (χ1) is 7.31. The highest BCUT2D eigenvalue weighted by molar-refractivity contribution is 5.85. The van der Waals surface area contributed by atoms with Crippen molar-refractivity contribution in [3.8, 4) is 0 Å². The van der Waals surface area contributed by atoms with Gasteiger partial charge in [0.25, 0.3) is 0 Å². The summed E-state index contributed by atoms with van der Waals surface area (Å²) in [4.78, 5) is 4.49. The Morgan fingerprint density at radius 1 is 1.20 bits per heavy atom. The predicted octanol–water partition coefficient (Wildman–Crippen LogP) is 3.89. The summed E-state index contributed by atoms with van der Waals surface area (Å²) in [5.74, 6) is 0. The molecule has 1 nitrogen and oxygen atoms in total. The lowest BCUT2D eigenvalue weighted by Gasteiger charge is -2.05. The van der Waals surface area contributed by atoms with Gasteiger partial charge >= 0.3 is 0 Å². The van der Waals surface area contributed by atoms with Gasteiger partial charge in [0.2, 0.25) is 0 Å². The number of aromatic nitrogens is 1. The Bertz CT molecular complexity index is 460. The SMILES string of the molecule is CCCCc1nccc2ccc(C)cc12. The van der Waals surface area contributed by atoms with E-state index in [-0.39, 0.29) is 0 Å². The molecule has 1 heteroatoms. The van der Waals surface area contributed by atoms with E-state index >= 15 is 0 Å². The summed E-state index contributed by atoms with van der Waals surface area (Å²) in [5.41, 5.74) is 2.56. The van der Waals surface area contributed by atoms with Crippen LogP contribution in [-0.2, 0) is 6.42 Å². The van der Waals surface area contributed by atoms with Crippen LogP contribution in [-0.4, -0.2) is 4.98 Å². The van der Waals surface area contributed by atoms with Gasteiger partial charge in [-0.25, -0.2) is 0 Å². The van der Waals surface area contributed by atoms with E-state index in [0.717, 1.165) is 6.42 Å². The minimum Gasteiger partial charge on any atom is -0.261 e. The van der Waals surface area contributed by atoms with Crippen molar-refractivity contribution >= 4 is 10.8 Å². The topological polar surface area (TPSA) is 12.9 Å². The van der Waals surface area contributed by atoms with Crippen LogP contribution < -0.4 is 0 Å². The molecule has 0 radical (unpaired) electrons. The number of fused-ring (bicyclic) bond motifs is 1. The maximum absolute atomic E-state index is 4.49. The van der Waals surface area contributed by atoms with Gasteiger partial charge in [0, 0.05) is 17.3 Å². The van der Waals surface area contributed by atoms with Gasteiger partial charge < -0.3 is 0 Å². The summed E-state index contributed by atoms with van der Waals surface area (Å²) in [6.45, 7) is 4.35. The standard InChI is InChI=1S/C14H17N/c1-3-4-5-14-13-10-11(2)6-7-12(13)8-9-15-14/h6-10H,3-5H2,1-2H3. The third kappa shape index (κ3) is 2.17. The monoisotopic (exact) mass is 199 g/mol. The average Bonchev–Trinajstić information content (AvgIpc) is 2.26. The molecule has 1 heterocycles. The molecule has 1 aromatic heterocycles. The lowest BCUT2D eigenvalue weighted by Crippen LogP contribution is -1.91. The smallest absolute Gasteiger partial charge is 0.0481 e. The molecule has 0 amide bonds. The van der Waals surface area contributed by atoms with Crippen LogP contribution in [0.3, 0.4) is 0 Å². The Kier molecular flexibility index (Phi) is 3.00. The fraction of sp³-hybridized carbons (Fsp3) is 0.357. The lowest BCUT2D eigenvalue weighted by molar-refractivity contribution is 0.782. The van der Waals surface area contributed by atoms with Crippen molar-refractivity contribution in [3.63, 3.8) is 0 Å². The van der Waals surface area contributed by atoms with Gasteiger partial charge in [0.05, 0.1) is 0 Å². The van der Waals surface area contributed by atoms with E-state index in [2.05, 4.69) is 43.1 Å². The quantitative estimate of drug-likeness (QED) is 0.731. The molecule has 0 aliphatic rings. The summed E-state index contributed by atoms with van der Waals surface area (Å²) in [5, 5.41) is 2.63. The molecule has 0 saturated heterocycles. The third-order valence-corrected chi connectivity index (χ3v) is 2.77. The van der Waals surface area contributed by atoms with Crippen molar-refractivity contribution in [1.82, 2.24) is 4.98 Å². The van der Waals surface area contributed by atoms with Crippen molar-refractivity contribution < 1.29 is 0 Å². The highest BCUT2D eigenvalue weighted by Crippen LogP contribution is 2.19. The van der Waals surface area contributed by atoms with E-state index in [9.17, 15) is 0 Å². The second-order valence-electron chi connectivity index (χ2n) is 4.09. The van der Waals surface area contributed by atoms with Crippen LogP contribution >= 0.6 is 0 Å². The second-order valence-corrected chi connectivity index (χ2v) is 4.09. The van der Waals surface area contributed by atoms with Gasteiger partial charge in [-0.1, -0.05) is 31.0 Å². The minimum absolute atomic E-state index is 1.09. The third-order valence-electron chi connectivity index (χ3n) is 2.77. The van der Waals surface area contributed by atoms with Gasteiger partial charge in [-0.3, -0.25) is 4.98 Å². The van der Waals surface area contributed by atoms with E-state index < -0.39 is 0 Å². The number of hydrogen-bond donors (Lipinski definition) is 0. The van der Waals surface area contributed by atoms with Crippen molar-refractivity contribution in [1.29, 1.82) is 0 Å². The molecule has 78 valence electrons. The van der Waals surface area contributed by atoms with Gasteiger partial charge in [-0.05, 0) is 37.3 Å². The van der Waals surface area contributed by atoms with Crippen LogP contribution in [0.15, 0.2) is 30.5 Å². The fourth-order valence-electron chi connectivity index (χ4n) is 1.89. The fourth-order valence-corrected chi connectivity index (χ4v) is 1.89. The van der Waals surface area contributed by atoms with Gasteiger partial charge in [0.15, 0.2) is 0 Å². The van der Waals surface area contributed by atoms with Crippen LogP contribution in [0, 0.1) is 6.92 Å². The summed E-state index contributed by atoms with van der Waals surface area (Å²) < 4.78 is 0. The molecule has 1 aromatic carbocycles.